The van der Waals surface area contributed by atoms with Crippen molar-refractivity contribution in [1.29, 1.82) is 0 Å². The molecular weight excluding hydrogens is 456 g/mol. The number of hydrogen-bond acceptors (Lipinski definition) is 3. The highest BCUT2D eigenvalue weighted by Crippen LogP contribution is 2.59. The molecule has 1 saturated heterocycles. The zero-order chi connectivity index (χ0) is 24.1. The van der Waals surface area contributed by atoms with Gasteiger partial charge < -0.3 is 10.2 Å². The number of nitrogens with zero attached hydrogens (tertiary/aromatic N) is 2. The second kappa shape index (κ2) is 8.13. The van der Waals surface area contributed by atoms with Crippen LogP contribution in [0.15, 0.2) is 72.8 Å². The Morgan fingerprint density at radius 1 is 1.00 bits per heavy atom. The third-order valence-electron chi connectivity index (χ3n) is 6.05. The summed E-state index contributed by atoms with van der Waals surface area (Å²) in [6, 6.07) is 18.8. The molecule has 5 rings (SSSR count). The minimum Gasteiger partial charge on any atom is -0.305 e. The summed E-state index contributed by atoms with van der Waals surface area (Å²) >= 11 is 1.42. The van der Waals surface area contributed by atoms with Crippen molar-refractivity contribution in [3.8, 4) is 0 Å². The molecule has 1 atom stereocenters. The largest absolute Gasteiger partial charge is 0.323 e. The average Bonchev–Trinajstić information content (AvgIpc) is 3.23. The van der Waals surface area contributed by atoms with Gasteiger partial charge >= 0.3 is 6.03 Å². The first-order valence-corrected chi connectivity index (χ1v) is 11.7. The molecule has 5 nitrogen and oxygen atoms in total. The first-order valence-electron chi connectivity index (χ1n) is 10.9. The van der Waals surface area contributed by atoms with E-state index in [4.69, 9.17) is 0 Å². The van der Waals surface area contributed by atoms with E-state index in [0.717, 1.165) is 5.56 Å². The van der Waals surface area contributed by atoms with Gasteiger partial charge in [-0.2, -0.15) is 0 Å². The van der Waals surface area contributed by atoms with E-state index in [1.54, 1.807) is 29.2 Å². The van der Waals surface area contributed by atoms with Crippen LogP contribution in [0, 0.1) is 11.6 Å². The molecule has 3 aromatic rings. The highest BCUT2D eigenvalue weighted by atomic mass is 32.2. The molecule has 2 aliphatic heterocycles. The molecule has 1 fully saturated rings. The van der Waals surface area contributed by atoms with Gasteiger partial charge in [0.25, 0.3) is 5.91 Å². The maximum absolute atomic E-state index is 14.3. The van der Waals surface area contributed by atoms with Crippen LogP contribution in [0.25, 0.3) is 0 Å². The molecule has 2 aliphatic rings. The van der Waals surface area contributed by atoms with Crippen LogP contribution in [0.4, 0.5) is 25.0 Å². The number of carbonyl (C=O) groups excluding carboxylic acids is 2. The highest BCUT2D eigenvalue weighted by Gasteiger charge is 2.63. The lowest BCUT2D eigenvalue weighted by atomic mass is 10.1. The molecule has 0 saturated carbocycles. The maximum atomic E-state index is 14.3. The van der Waals surface area contributed by atoms with Crippen LogP contribution >= 0.6 is 11.8 Å². The van der Waals surface area contributed by atoms with Gasteiger partial charge in [0.15, 0.2) is 4.87 Å². The molecule has 0 bridgehead atoms. The lowest BCUT2D eigenvalue weighted by Crippen LogP contribution is -2.51. The van der Waals surface area contributed by atoms with Gasteiger partial charge in [-0.1, -0.05) is 42.5 Å². The average molecular weight is 480 g/mol. The van der Waals surface area contributed by atoms with Gasteiger partial charge in [-0.25, -0.2) is 13.6 Å². The van der Waals surface area contributed by atoms with Crippen molar-refractivity contribution in [2.24, 2.45) is 0 Å². The number of nitrogens with one attached hydrogen (secondary N) is 1. The fraction of sp³-hybridized carbons (Fsp3) is 0.231. The Labute approximate surface area is 200 Å². The predicted octanol–water partition coefficient (Wildman–Crippen LogP) is 5.72. The standard InChI is InChI=1S/C26H23F2N3O2S/c1-25(2)16-31(24(33)29-21-9-5-4-8-20(21)28)26(34-25)19-7-3-6-10-22(19)30(23(26)32)15-17-11-13-18(27)14-12-17/h3-14H,15-16H2,1-2H3,(H,29,33)/t26-/m1/s1. The molecule has 2 heterocycles. The maximum Gasteiger partial charge on any atom is 0.323 e. The number of hydrogen-bond donors (Lipinski definition) is 1. The van der Waals surface area contributed by atoms with Crippen LogP contribution in [-0.2, 0) is 16.2 Å². The molecule has 34 heavy (non-hydrogen) atoms. The van der Waals surface area contributed by atoms with Gasteiger partial charge in [0.2, 0.25) is 0 Å². The summed E-state index contributed by atoms with van der Waals surface area (Å²) in [6.45, 7) is 4.49. The van der Waals surface area contributed by atoms with Gasteiger partial charge in [-0.15, -0.1) is 11.8 Å². The molecular formula is C26H23F2N3O2S. The summed E-state index contributed by atoms with van der Waals surface area (Å²) in [6.07, 6.45) is 0. The lowest BCUT2D eigenvalue weighted by Gasteiger charge is -2.33. The van der Waals surface area contributed by atoms with Crippen LogP contribution in [0.1, 0.15) is 25.0 Å². The van der Waals surface area contributed by atoms with Crippen molar-refractivity contribution in [2.75, 3.05) is 16.8 Å². The van der Waals surface area contributed by atoms with Crippen molar-refractivity contribution in [2.45, 2.75) is 30.0 Å². The van der Waals surface area contributed by atoms with Crippen molar-refractivity contribution in [3.05, 3.63) is 95.6 Å². The van der Waals surface area contributed by atoms with Crippen molar-refractivity contribution in [1.82, 2.24) is 4.90 Å². The zero-order valence-electron chi connectivity index (χ0n) is 18.7. The van der Waals surface area contributed by atoms with Crippen LogP contribution in [0.5, 0.6) is 0 Å². The number of urea groups is 1. The quantitative estimate of drug-likeness (QED) is 0.523. The summed E-state index contributed by atoms with van der Waals surface area (Å²) in [7, 11) is 0. The molecule has 1 spiro atoms. The number of amides is 3. The number of fused-ring (bicyclic) bond motifs is 2. The predicted molar refractivity (Wildman–Crippen MR) is 130 cm³/mol. The number of rotatable bonds is 3. The highest BCUT2D eigenvalue weighted by molar-refractivity contribution is 8.02. The zero-order valence-corrected chi connectivity index (χ0v) is 19.5. The van der Waals surface area contributed by atoms with Crippen molar-refractivity contribution >= 4 is 35.1 Å². The summed E-state index contributed by atoms with van der Waals surface area (Å²) in [5.41, 5.74) is 2.23. The number of para-hydroxylation sites is 2. The van der Waals surface area contributed by atoms with Gasteiger partial charge in [0, 0.05) is 16.9 Å². The van der Waals surface area contributed by atoms with E-state index in [2.05, 4.69) is 5.32 Å². The van der Waals surface area contributed by atoms with Gasteiger partial charge in [-0.05, 0) is 49.7 Å². The Bertz CT molecular complexity index is 1280. The second-order valence-electron chi connectivity index (χ2n) is 9.04. The summed E-state index contributed by atoms with van der Waals surface area (Å²) < 4.78 is 27.3. The molecule has 0 aliphatic carbocycles. The number of anilines is 2. The Morgan fingerprint density at radius 2 is 1.68 bits per heavy atom. The van der Waals surface area contributed by atoms with Gasteiger partial charge in [0.1, 0.15) is 11.6 Å². The van der Waals surface area contributed by atoms with E-state index >= 15 is 0 Å². The van der Waals surface area contributed by atoms with E-state index in [-0.39, 0.29) is 24.0 Å². The molecule has 3 amide bonds. The molecule has 0 unspecified atom stereocenters. The van der Waals surface area contributed by atoms with E-state index in [0.29, 0.717) is 17.8 Å². The number of carbonyl (C=O) groups is 2. The van der Waals surface area contributed by atoms with E-state index in [1.165, 1.54) is 40.9 Å². The smallest absolute Gasteiger partial charge is 0.305 e. The lowest BCUT2D eigenvalue weighted by molar-refractivity contribution is -0.123. The number of thioether (sulfide) groups is 1. The van der Waals surface area contributed by atoms with Crippen molar-refractivity contribution < 1.29 is 18.4 Å². The molecule has 3 aromatic carbocycles. The van der Waals surface area contributed by atoms with E-state index in [1.807, 2.05) is 38.1 Å². The fourth-order valence-electron chi connectivity index (χ4n) is 4.63. The van der Waals surface area contributed by atoms with Gasteiger partial charge in [0.05, 0.1) is 17.9 Å². The molecule has 0 aromatic heterocycles. The minimum absolute atomic E-state index is 0.0549. The normalized spacial score (nSPS) is 20.6. The third-order valence-corrected chi connectivity index (χ3v) is 7.64. The Morgan fingerprint density at radius 3 is 2.41 bits per heavy atom. The SMILES string of the molecule is CC1(C)CN(C(=O)Nc2ccccc2F)[C@]2(S1)C(=O)N(Cc1ccc(F)cc1)c1ccccc12. The number of benzene rings is 3. The monoisotopic (exact) mass is 479 g/mol. The molecule has 0 radical (unpaired) electrons. The number of halogens is 2. The van der Waals surface area contributed by atoms with Crippen LogP contribution in [0.2, 0.25) is 0 Å². The van der Waals surface area contributed by atoms with Crippen molar-refractivity contribution in [3.63, 3.8) is 0 Å². The molecule has 1 N–H and O–H groups in total. The molecule has 174 valence electrons. The first-order chi connectivity index (χ1) is 16.2. The Hall–Kier alpha value is -3.39. The fourth-order valence-corrected chi connectivity index (χ4v) is 6.36. The van der Waals surface area contributed by atoms with Crippen LogP contribution in [-0.4, -0.2) is 28.1 Å². The second-order valence-corrected chi connectivity index (χ2v) is 10.9. The topological polar surface area (TPSA) is 52.7 Å². The summed E-state index contributed by atoms with van der Waals surface area (Å²) in [5.74, 6) is -1.15. The minimum atomic E-state index is -1.30. The van der Waals surface area contributed by atoms with Gasteiger partial charge in [-0.3, -0.25) is 9.69 Å². The molecule has 8 heteroatoms. The Kier molecular flexibility index (Phi) is 5.36. The first kappa shape index (κ1) is 22.4. The van der Waals surface area contributed by atoms with Crippen LogP contribution in [0.3, 0.4) is 0 Å². The Balaban J connectivity index is 1.56. The van der Waals surface area contributed by atoms with E-state index in [9.17, 15) is 18.4 Å². The van der Waals surface area contributed by atoms with E-state index < -0.39 is 21.5 Å². The van der Waals surface area contributed by atoms with Crippen LogP contribution < -0.4 is 10.2 Å². The third kappa shape index (κ3) is 3.62. The summed E-state index contributed by atoms with van der Waals surface area (Å²) in [4.78, 5) is 29.5. The summed E-state index contributed by atoms with van der Waals surface area (Å²) in [5, 5.41) is 2.65.